The second-order valence-electron chi connectivity index (χ2n) is 7.11. The average Bonchev–Trinajstić information content (AvgIpc) is 2.79. The number of hydrogen-bond acceptors (Lipinski definition) is 5. The van der Waals surface area contributed by atoms with Crippen LogP contribution in [0.1, 0.15) is 37.8 Å². The number of carbonyl (C=O) groups is 2. The molecule has 0 saturated heterocycles. The molecule has 0 fully saturated rings. The Balaban J connectivity index is 2.40. The Morgan fingerprint density at radius 1 is 0.969 bits per heavy atom. The molecule has 0 spiro atoms. The molecule has 167 valence electrons. The van der Waals surface area contributed by atoms with Gasteiger partial charge in [-0.05, 0) is 0 Å². The van der Waals surface area contributed by atoms with E-state index in [2.05, 4.69) is 16.0 Å². The number of halogens is 1. The van der Waals surface area contributed by atoms with Gasteiger partial charge in [0.25, 0.3) is 0 Å². The Morgan fingerprint density at radius 2 is 1.59 bits per heavy atom. The van der Waals surface area contributed by atoms with Gasteiger partial charge in [-0.1, -0.05) is 0 Å². The summed E-state index contributed by atoms with van der Waals surface area (Å²) >= 11 is 9.33. The van der Waals surface area contributed by atoms with Gasteiger partial charge >= 0.3 is 202 Å². The van der Waals surface area contributed by atoms with Crippen LogP contribution in [-0.4, -0.2) is 51.5 Å². The van der Waals surface area contributed by atoms with Crippen LogP contribution in [0.3, 0.4) is 0 Å². The molecule has 1 radical (unpaired) electrons. The third kappa shape index (κ3) is 4.78. The van der Waals surface area contributed by atoms with E-state index < -0.39 is 17.9 Å². The van der Waals surface area contributed by atoms with Gasteiger partial charge in [0.05, 0.1) is 0 Å². The molecule has 0 aliphatic carbocycles. The molecule has 32 heavy (non-hydrogen) atoms. The van der Waals surface area contributed by atoms with Crippen molar-refractivity contribution in [2.24, 2.45) is 0 Å². The van der Waals surface area contributed by atoms with E-state index in [1.54, 1.807) is 32.0 Å². The van der Waals surface area contributed by atoms with Crippen molar-refractivity contribution in [1.82, 2.24) is 4.90 Å². The van der Waals surface area contributed by atoms with E-state index in [1.807, 2.05) is 48.2 Å². The van der Waals surface area contributed by atoms with E-state index in [0.717, 1.165) is 11.1 Å². The molecular formula is C25H25ClNO4Se. The van der Waals surface area contributed by atoms with Crippen molar-refractivity contribution in [2.45, 2.75) is 26.7 Å². The monoisotopic (exact) mass is 518 g/mol. The molecule has 7 heteroatoms. The molecule has 2 aromatic carbocycles. The summed E-state index contributed by atoms with van der Waals surface area (Å²) in [6, 6.07) is 16.8. The minimum absolute atomic E-state index is 0.211. The maximum atomic E-state index is 13.4. The van der Waals surface area contributed by atoms with Crippen LogP contribution in [-0.2, 0) is 19.1 Å². The summed E-state index contributed by atoms with van der Waals surface area (Å²) in [7, 11) is 0. The first kappa shape index (κ1) is 24.1. The summed E-state index contributed by atoms with van der Waals surface area (Å²) in [5.41, 5.74) is 4.18. The standard InChI is InChI=1S/C25H25ClNO4Se/c1-4-30-24(28)20-16(3)27(15-32)23(17-10-7-6-8-11-17)22(25(29)31-5-2)21(20)18-12-9-13-19(26)14-18/h6-14,21H,4-5,15H2,1-3H3. The molecule has 2 aromatic rings. The average molecular weight is 518 g/mol. The number of ether oxygens (including phenoxy) is 2. The van der Waals surface area contributed by atoms with Crippen molar-refractivity contribution in [1.29, 1.82) is 0 Å². The predicted octanol–water partition coefficient (Wildman–Crippen LogP) is 4.68. The quantitative estimate of drug-likeness (QED) is 0.394. The zero-order chi connectivity index (χ0) is 23.3. The van der Waals surface area contributed by atoms with Gasteiger partial charge in [0, 0.05) is 0 Å². The van der Waals surface area contributed by atoms with Gasteiger partial charge in [0.1, 0.15) is 0 Å². The number of benzene rings is 2. The fraction of sp³-hybridized carbons (Fsp3) is 0.280. The van der Waals surface area contributed by atoms with Crippen LogP contribution in [0.25, 0.3) is 5.70 Å². The molecule has 0 bridgehead atoms. The third-order valence-electron chi connectivity index (χ3n) is 5.25. The van der Waals surface area contributed by atoms with Crippen LogP contribution in [0, 0.1) is 0 Å². The minimum atomic E-state index is -0.690. The topological polar surface area (TPSA) is 55.8 Å². The normalized spacial score (nSPS) is 16.3. The SMILES string of the molecule is CCOC(=O)C1=C(C)N(C[Se])C(c2ccccc2)=C(C(=O)OCC)C1c1cccc(Cl)c1. The summed E-state index contributed by atoms with van der Waals surface area (Å²) in [6.07, 6.45) is 0. The second-order valence-corrected chi connectivity index (χ2v) is 8.09. The van der Waals surface area contributed by atoms with Crippen molar-refractivity contribution in [3.05, 3.63) is 87.6 Å². The fourth-order valence-electron chi connectivity index (χ4n) is 3.93. The van der Waals surface area contributed by atoms with Crippen LogP contribution < -0.4 is 0 Å². The molecule has 0 aromatic heterocycles. The van der Waals surface area contributed by atoms with Gasteiger partial charge in [0.15, 0.2) is 0 Å². The van der Waals surface area contributed by atoms with E-state index in [1.165, 1.54) is 0 Å². The molecule has 1 unspecified atom stereocenters. The number of nitrogens with zero attached hydrogens (tertiary/aromatic N) is 1. The summed E-state index contributed by atoms with van der Waals surface area (Å²) in [5.74, 6) is -1.64. The van der Waals surface area contributed by atoms with Gasteiger partial charge in [-0.25, -0.2) is 0 Å². The number of rotatable bonds is 7. The summed E-state index contributed by atoms with van der Waals surface area (Å²) < 4.78 is 10.9. The van der Waals surface area contributed by atoms with Crippen LogP contribution in [0.5, 0.6) is 0 Å². The first-order chi connectivity index (χ1) is 15.4. The molecule has 5 nitrogen and oxygen atoms in total. The number of carbonyl (C=O) groups excluding carboxylic acids is 2. The predicted molar refractivity (Wildman–Crippen MR) is 126 cm³/mol. The van der Waals surface area contributed by atoms with Gasteiger partial charge in [-0.2, -0.15) is 0 Å². The van der Waals surface area contributed by atoms with Crippen LogP contribution in [0.2, 0.25) is 5.02 Å². The summed E-state index contributed by atoms with van der Waals surface area (Å²) in [5, 5.41) is 0.513. The van der Waals surface area contributed by atoms with Gasteiger partial charge < -0.3 is 0 Å². The van der Waals surface area contributed by atoms with Crippen LogP contribution in [0.4, 0.5) is 0 Å². The molecule has 1 heterocycles. The summed E-state index contributed by atoms with van der Waals surface area (Å²) in [6.45, 7) is 5.82. The molecule has 0 N–H and O–H groups in total. The Labute approximate surface area is 201 Å². The molecule has 0 amide bonds. The molecule has 0 saturated carbocycles. The van der Waals surface area contributed by atoms with Gasteiger partial charge in [0.2, 0.25) is 0 Å². The maximum absolute atomic E-state index is 13.4. The first-order valence-corrected chi connectivity index (χ1v) is 12.0. The van der Waals surface area contributed by atoms with Crippen molar-refractivity contribution < 1.29 is 19.1 Å². The van der Waals surface area contributed by atoms with Crippen molar-refractivity contribution >= 4 is 45.2 Å². The Hall–Kier alpha value is -2.53. The Morgan fingerprint density at radius 3 is 2.16 bits per heavy atom. The van der Waals surface area contributed by atoms with Crippen molar-refractivity contribution in [3.63, 3.8) is 0 Å². The fourth-order valence-corrected chi connectivity index (χ4v) is 4.81. The number of allylic oxidation sites excluding steroid dienone is 1. The van der Waals surface area contributed by atoms with E-state index in [4.69, 9.17) is 21.1 Å². The molecule has 1 atom stereocenters. The Bertz CT molecular complexity index is 1060. The second kappa shape index (κ2) is 10.9. The van der Waals surface area contributed by atoms with Crippen LogP contribution in [0.15, 0.2) is 71.4 Å². The summed E-state index contributed by atoms with van der Waals surface area (Å²) in [4.78, 5) is 28.5. The first-order valence-electron chi connectivity index (χ1n) is 10.4. The van der Waals surface area contributed by atoms with Gasteiger partial charge in [-0.15, -0.1) is 0 Å². The van der Waals surface area contributed by atoms with Crippen LogP contribution >= 0.6 is 11.6 Å². The Kier molecular flexibility index (Phi) is 8.19. The zero-order valence-electron chi connectivity index (χ0n) is 18.3. The van der Waals surface area contributed by atoms with Gasteiger partial charge in [-0.3, -0.25) is 0 Å². The third-order valence-corrected chi connectivity index (χ3v) is 6.02. The van der Waals surface area contributed by atoms with E-state index in [0.29, 0.717) is 33.0 Å². The van der Waals surface area contributed by atoms with Crippen molar-refractivity contribution in [2.75, 3.05) is 18.7 Å². The van der Waals surface area contributed by atoms with E-state index in [9.17, 15) is 9.59 Å². The number of hydrogen-bond donors (Lipinski definition) is 0. The molecule has 3 rings (SSSR count). The molecule has 1 aliphatic rings. The zero-order valence-corrected chi connectivity index (χ0v) is 20.7. The molecule has 1 aliphatic heterocycles. The van der Waals surface area contributed by atoms with E-state index in [-0.39, 0.29) is 13.2 Å². The molecular weight excluding hydrogens is 493 g/mol. The van der Waals surface area contributed by atoms with E-state index >= 15 is 0 Å². The van der Waals surface area contributed by atoms with Crippen molar-refractivity contribution in [3.8, 4) is 0 Å². The number of esters is 2.